The smallest absolute Gasteiger partial charge is 0.131 e. The molecule has 26 heavy (non-hydrogen) atoms. The van der Waals surface area contributed by atoms with Crippen molar-refractivity contribution in [3.05, 3.63) is 83.4 Å². The summed E-state index contributed by atoms with van der Waals surface area (Å²) < 4.78 is 6.44. The van der Waals surface area contributed by atoms with Crippen LogP contribution < -0.4 is 4.74 Å². The van der Waals surface area contributed by atoms with E-state index in [1.165, 1.54) is 27.8 Å². The van der Waals surface area contributed by atoms with Gasteiger partial charge in [0.05, 0.1) is 0 Å². The molecular weight excluding hydrogens is 316 g/mol. The zero-order chi connectivity index (χ0) is 18.5. The van der Waals surface area contributed by atoms with E-state index in [1.54, 1.807) is 0 Å². The number of para-hydroxylation sites is 1. The molecule has 1 heteroatoms. The Morgan fingerprint density at radius 2 is 1.50 bits per heavy atom. The van der Waals surface area contributed by atoms with Crippen LogP contribution in [0, 0.1) is 6.92 Å². The molecule has 0 fully saturated rings. The summed E-state index contributed by atoms with van der Waals surface area (Å²) in [6, 6.07) is 23.6. The number of ether oxygens (including phenoxy) is 1. The van der Waals surface area contributed by atoms with Gasteiger partial charge in [0.25, 0.3) is 0 Å². The highest BCUT2D eigenvalue weighted by Crippen LogP contribution is 2.35. The van der Waals surface area contributed by atoms with Crippen molar-refractivity contribution in [2.75, 3.05) is 0 Å². The van der Waals surface area contributed by atoms with Crippen molar-refractivity contribution in [3.63, 3.8) is 0 Å². The van der Waals surface area contributed by atoms with Crippen LogP contribution in [0.1, 0.15) is 49.8 Å². The average Bonchev–Trinajstić information content (AvgIpc) is 2.64. The van der Waals surface area contributed by atoms with Gasteiger partial charge in [-0.2, -0.15) is 0 Å². The Morgan fingerprint density at radius 1 is 0.808 bits per heavy atom. The molecule has 0 aromatic heterocycles. The maximum absolute atomic E-state index is 6.44. The molecule has 0 amide bonds. The van der Waals surface area contributed by atoms with Crippen LogP contribution in [0.2, 0.25) is 0 Å². The molecule has 0 N–H and O–H groups in total. The quantitative estimate of drug-likeness (QED) is 0.449. The Hall–Kier alpha value is -2.54. The number of hydrogen-bond donors (Lipinski definition) is 0. The Morgan fingerprint density at radius 3 is 2.19 bits per heavy atom. The predicted octanol–water partition coefficient (Wildman–Crippen LogP) is 7.53. The monoisotopic (exact) mass is 344 g/mol. The van der Waals surface area contributed by atoms with E-state index < -0.39 is 0 Å². The summed E-state index contributed by atoms with van der Waals surface area (Å²) in [5, 5.41) is 0. The van der Waals surface area contributed by atoms with Gasteiger partial charge in [-0.25, -0.2) is 0 Å². The van der Waals surface area contributed by atoms with Gasteiger partial charge in [-0.3, -0.25) is 0 Å². The van der Waals surface area contributed by atoms with Gasteiger partial charge < -0.3 is 4.74 Å². The van der Waals surface area contributed by atoms with Crippen LogP contribution >= 0.6 is 0 Å². The molecule has 0 aliphatic rings. The fraction of sp³-hybridized carbons (Fsp3) is 0.280. The largest absolute Gasteiger partial charge is 0.457 e. The Kier molecular flexibility index (Phi) is 5.78. The van der Waals surface area contributed by atoms with Gasteiger partial charge in [0.15, 0.2) is 0 Å². The van der Waals surface area contributed by atoms with E-state index in [4.69, 9.17) is 4.74 Å². The fourth-order valence-electron chi connectivity index (χ4n) is 3.22. The first-order valence-electron chi connectivity index (χ1n) is 9.55. The topological polar surface area (TPSA) is 9.23 Å². The van der Waals surface area contributed by atoms with Crippen molar-refractivity contribution >= 4 is 0 Å². The van der Waals surface area contributed by atoms with Crippen LogP contribution in [0.3, 0.4) is 0 Å². The maximum Gasteiger partial charge on any atom is 0.131 e. The molecule has 0 radical (unpaired) electrons. The molecule has 3 aromatic rings. The van der Waals surface area contributed by atoms with Crippen molar-refractivity contribution in [1.82, 2.24) is 0 Å². The molecule has 3 aromatic carbocycles. The van der Waals surface area contributed by atoms with E-state index >= 15 is 0 Å². The molecule has 3 rings (SSSR count). The zero-order valence-corrected chi connectivity index (χ0v) is 16.3. The summed E-state index contributed by atoms with van der Waals surface area (Å²) in [6.45, 7) is 8.74. The number of hydrogen-bond acceptors (Lipinski definition) is 1. The van der Waals surface area contributed by atoms with Gasteiger partial charge >= 0.3 is 0 Å². The van der Waals surface area contributed by atoms with Crippen LogP contribution in [0.25, 0.3) is 11.1 Å². The summed E-state index contributed by atoms with van der Waals surface area (Å²) in [7, 11) is 0. The molecule has 0 aliphatic heterocycles. The van der Waals surface area contributed by atoms with Gasteiger partial charge in [-0.1, -0.05) is 87.4 Å². The first-order chi connectivity index (χ1) is 12.6. The summed E-state index contributed by atoms with van der Waals surface area (Å²) in [5.74, 6) is 2.36. The zero-order valence-electron chi connectivity index (χ0n) is 16.3. The van der Waals surface area contributed by atoms with Gasteiger partial charge in [-0.15, -0.1) is 0 Å². The van der Waals surface area contributed by atoms with Crippen molar-refractivity contribution in [2.24, 2.45) is 0 Å². The maximum atomic E-state index is 6.44. The highest BCUT2D eigenvalue weighted by molar-refractivity contribution is 5.66. The standard InChI is InChI=1S/C25H28O/c1-5-8-21-15-16-22(20-13-11-19(4)12-14-20)17-25(21)26-24-10-7-6-9-23(24)18(2)3/h6-7,9-18H,5,8H2,1-4H3. The Labute approximate surface area is 157 Å². The number of aryl methyl sites for hydroxylation is 2. The van der Waals surface area contributed by atoms with Gasteiger partial charge in [0, 0.05) is 0 Å². The molecule has 0 atom stereocenters. The van der Waals surface area contributed by atoms with Crippen molar-refractivity contribution in [2.45, 2.75) is 46.5 Å². The lowest BCUT2D eigenvalue weighted by Crippen LogP contribution is -1.97. The third kappa shape index (κ3) is 4.16. The summed E-state index contributed by atoms with van der Waals surface area (Å²) in [5.41, 5.74) is 6.21. The molecule has 0 saturated heterocycles. The average molecular weight is 344 g/mol. The number of benzene rings is 3. The van der Waals surface area contributed by atoms with Gasteiger partial charge in [-0.05, 0) is 53.6 Å². The third-order valence-electron chi connectivity index (χ3n) is 4.73. The minimum Gasteiger partial charge on any atom is -0.457 e. The van der Waals surface area contributed by atoms with Crippen LogP contribution in [0.5, 0.6) is 11.5 Å². The SMILES string of the molecule is CCCc1ccc(-c2ccc(C)cc2)cc1Oc1ccccc1C(C)C. The third-order valence-corrected chi connectivity index (χ3v) is 4.73. The molecule has 0 bridgehead atoms. The van der Waals surface area contributed by atoms with Crippen molar-refractivity contribution in [3.8, 4) is 22.6 Å². The first kappa shape index (κ1) is 18.3. The molecular formula is C25H28O. The summed E-state index contributed by atoms with van der Waals surface area (Å²) in [6.07, 6.45) is 2.12. The van der Waals surface area contributed by atoms with E-state index in [9.17, 15) is 0 Å². The van der Waals surface area contributed by atoms with E-state index in [2.05, 4.69) is 88.4 Å². The molecule has 0 heterocycles. The molecule has 134 valence electrons. The minimum atomic E-state index is 0.432. The second kappa shape index (κ2) is 8.23. The molecule has 0 spiro atoms. The van der Waals surface area contributed by atoms with E-state index in [1.807, 2.05) is 6.07 Å². The molecule has 1 nitrogen and oxygen atoms in total. The van der Waals surface area contributed by atoms with Crippen LogP contribution in [-0.2, 0) is 6.42 Å². The van der Waals surface area contributed by atoms with Crippen LogP contribution in [0.15, 0.2) is 66.7 Å². The highest BCUT2D eigenvalue weighted by Gasteiger charge is 2.12. The predicted molar refractivity (Wildman–Crippen MR) is 111 cm³/mol. The Bertz CT molecular complexity index is 860. The van der Waals surface area contributed by atoms with Crippen molar-refractivity contribution in [1.29, 1.82) is 0 Å². The van der Waals surface area contributed by atoms with Gasteiger partial charge in [0.2, 0.25) is 0 Å². The minimum absolute atomic E-state index is 0.432. The molecule has 0 unspecified atom stereocenters. The van der Waals surface area contributed by atoms with E-state index in [0.29, 0.717) is 5.92 Å². The number of rotatable bonds is 6. The van der Waals surface area contributed by atoms with Gasteiger partial charge in [0.1, 0.15) is 11.5 Å². The fourth-order valence-corrected chi connectivity index (χ4v) is 3.22. The normalized spacial score (nSPS) is 11.0. The summed E-state index contributed by atoms with van der Waals surface area (Å²) >= 11 is 0. The second-order valence-corrected chi connectivity index (χ2v) is 7.23. The second-order valence-electron chi connectivity index (χ2n) is 7.23. The molecule has 0 saturated carbocycles. The lowest BCUT2D eigenvalue weighted by molar-refractivity contribution is 0.467. The van der Waals surface area contributed by atoms with E-state index in [0.717, 1.165) is 24.3 Å². The Balaban J connectivity index is 2.01. The summed E-state index contributed by atoms with van der Waals surface area (Å²) in [4.78, 5) is 0. The molecule has 0 aliphatic carbocycles. The highest BCUT2D eigenvalue weighted by atomic mass is 16.5. The van der Waals surface area contributed by atoms with E-state index in [-0.39, 0.29) is 0 Å². The lowest BCUT2D eigenvalue weighted by Gasteiger charge is -2.17. The van der Waals surface area contributed by atoms with Crippen LogP contribution in [-0.4, -0.2) is 0 Å². The first-order valence-corrected chi connectivity index (χ1v) is 9.55. The van der Waals surface area contributed by atoms with Crippen LogP contribution in [0.4, 0.5) is 0 Å². The van der Waals surface area contributed by atoms with Crippen molar-refractivity contribution < 1.29 is 4.74 Å². The lowest BCUT2D eigenvalue weighted by atomic mass is 9.99.